The van der Waals surface area contributed by atoms with Gasteiger partial charge in [0.2, 0.25) is 5.92 Å². The number of ether oxygens (including phenoxy) is 1. The first-order valence-corrected chi connectivity index (χ1v) is 6.79. The molecular weight excluding hydrogens is 365 g/mol. The average molecular weight is 376 g/mol. The molecule has 1 heterocycles. The molecule has 0 radical (unpaired) electrons. The fraction of sp³-hybridized carbons (Fsp3) is 0.538. The molecule has 1 N–H and O–H groups in total. The molecule has 0 amide bonds. The SMILES string of the molecule is C=C([C@H]1CCC(F)(F)C1)n1nc(OC(F)F)c(C(F)(F)F)c1C(=O)O. The summed E-state index contributed by atoms with van der Waals surface area (Å²) in [6.07, 6.45) is -6.88. The molecule has 0 aliphatic heterocycles. The third kappa shape index (κ3) is 3.87. The lowest BCUT2D eigenvalue weighted by Gasteiger charge is -2.15. The van der Waals surface area contributed by atoms with Crippen LogP contribution in [0.15, 0.2) is 6.58 Å². The maximum atomic E-state index is 13.3. The predicted octanol–water partition coefficient (Wildman–Crippen LogP) is 4.11. The maximum absolute atomic E-state index is 13.3. The highest BCUT2D eigenvalue weighted by atomic mass is 19.4. The predicted molar refractivity (Wildman–Crippen MR) is 68.4 cm³/mol. The smallest absolute Gasteiger partial charge is 0.424 e. The van der Waals surface area contributed by atoms with Gasteiger partial charge in [-0.2, -0.15) is 22.0 Å². The Bertz CT molecular complexity index is 697. The zero-order chi connectivity index (χ0) is 19.2. The number of halogens is 7. The van der Waals surface area contributed by atoms with Gasteiger partial charge in [-0.25, -0.2) is 18.3 Å². The number of carboxylic acid groups (broad SMARTS) is 1. The lowest BCUT2D eigenvalue weighted by atomic mass is 10.0. The van der Waals surface area contributed by atoms with E-state index in [-0.39, 0.29) is 11.1 Å². The van der Waals surface area contributed by atoms with E-state index in [4.69, 9.17) is 5.11 Å². The van der Waals surface area contributed by atoms with E-state index in [0.29, 0.717) is 0 Å². The summed E-state index contributed by atoms with van der Waals surface area (Å²) >= 11 is 0. The molecule has 1 fully saturated rings. The quantitative estimate of drug-likeness (QED) is 0.786. The topological polar surface area (TPSA) is 64.4 Å². The molecule has 0 aromatic carbocycles. The van der Waals surface area contributed by atoms with E-state index in [1.165, 1.54) is 0 Å². The van der Waals surface area contributed by atoms with Gasteiger partial charge >= 0.3 is 18.8 Å². The second kappa shape index (κ2) is 6.23. The number of hydrogen-bond donors (Lipinski definition) is 1. The van der Waals surface area contributed by atoms with Crippen LogP contribution in [-0.4, -0.2) is 33.4 Å². The van der Waals surface area contributed by atoms with Crippen LogP contribution >= 0.6 is 0 Å². The minimum Gasteiger partial charge on any atom is -0.476 e. The van der Waals surface area contributed by atoms with Gasteiger partial charge in [0.05, 0.1) is 0 Å². The molecule has 0 bridgehead atoms. The van der Waals surface area contributed by atoms with Gasteiger partial charge < -0.3 is 9.84 Å². The van der Waals surface area contributed by atoms with Crippen molar-refractivity contribution in [2.24, 2.45) is 5.92 Å². The van der Waals surface area contributed by atoms with E-state index in [0.717, 1.165) is 0 Å². The van der Waals surface area contributed by atoms with Gasteiger partial charge in [-0.15, -0.1) is 5.10 Å². The van der Waals surface area contributed by atoms with E-state index in [1.54, 1.807) is 0 Å². The first-order valence-electron chi connectivity index (χ1n) is 6.79. The number of carbonyl (C=O) groups is 1. The fourth-order valence-electron chi connectivity index (χ4n) is 2.63. The van der Waals surface area contributed by atoms with Gasteiger partial charge in [-0.05, 0) is 6.42 Å². The van der Waals surface area contributed by atoms with Crippen molar-refractivity contribution in [1.29, 1.82) is 0 Å². The number of nitrogens with zero attached hydrogens (tertiary/aromatic N) is 2. The van der Waals surface area contributed by atoms with Gasteiger partial charge in [0.25, 0.3) is 5.88 Å². The normalized spacial score (nSPS) is 20.1. The third-order valence-corrected chi connectivity index (χ3v) is 3.69. The van der Waals surface area contributed by atoms with E-state index in [1.807, 2.05) is 0 Å². The summed E-state index contributed by atoms with van der Waals surface area (Å²) in [5.41, 5.74) is -4.03. The van der Waals surface area contributed by atoms with Crippen LogP contribution in [0.3, 0.4) is 0 Å². The van der Waals surface area contributed by atoms with Gasteiger partial charge in [-0.3, -0.25) is 0 Å². The Morgan fingerprint density at radius 3 is 2.40 bits per heavy atom. The zero-order valence-electron chi connectivity index (χ0n) is 12.3. The molecule has 1 atom stereocenters. The first kappa shape index (κ1) is 19.1. The third-order valence-electron chi connectivity index (χ3n) is 3.69. The van der Waals surface area contributed by atoms with Gasteiger partial charge in [0.15, 0.2) is 11.3 Å². The molecule has 0 spiro atoms. The van der Waals surface area contributed by atoms with E-state index in [9.17, 15) is 35.5 Å². The van der Waals surface area contributed by atoms with Crippen LogP contribution in [0.4, 0.5) is 30.7 Å². The Morgan fingerprint density at radius 1 is 1.40 bits per heavy atom. The molecule has 1 aromatic heterocycles. The Kier molecular flexibility index (Phi) is 4.75. The molecule has 1 aliphatic carbocycles. The Labute approximate surface area is 135 Å². The van der Waals surface area contributed by atoms with Crippen molar-refractivity contribution in [3.63, 3.8) is 0 Å². The Hall–Kier alpha value is -2.27. The van der Waals surface area contributed by atoms with Crippen LogP contribution in [0.1, 0.15) is 35.3 Å². The lowest BCUT2D eigenvalue weighted by Crippen LogP contribution is -2.19. The largest absolute Gasteiger partial charge is 0.476 e. The number of hydrogen-bond acceptors (Lipinski definition) is 3. The number of carboxylic acids is 1. The highest BCUT2D eigenvalue weighted by Gasteiger charge is 2.46. The summed E-state index contributed by atoms with van der Waals surface area (Å²) in [6, 6.07) is 0. The van der Waals surface area contributed by atoms with Crippen LogP contribution in [0.2, 0.25) is 0 Å². The first-order chi connectivity index (χ1) is 11.3. The standard InChI is InChI=1S/C13H11F7N2O3/c1-5(6-2-3-12(16,17)4-6)22-8(10(23)24)7(13(18,19)20)9(21-22)25-11(14)15/h6,11H,1-4H2,(H,23,24)/t6-/m0/s1. The monoisotopic (exact) mass is 376 g/mol. The number of aromatic carboxylic acids is 1. The summed E-state index contributed by atoms with van der Waals surface area (Å²) in [7, 11) is 0. The molecule has 25 heavy (non-hydrogen) atoms. The number of alkyl halides is 7. The van der Waals surface area contributed by atoms with Crippen molar-refractivity contribution < 1.29 is 45.4 Å². The second-order valence-corrected chi connectivity index (χ2v) is 5.41. The molecule has 140 valence electrons. The van der Waals surface area contributed by atoms with Gasteiger partial charge in [-0.1, -0.05) is 6.58 Å². The molecule has 12 heteroatoms. The van der Waals surface area contributed by atoms with Crippen molar-refractivity contribution in [3.8, 4) is 5.88 Å². The molecule has 5 nitrogen and oxygen atoms in total. The summed E-state index contributed by atoms with van der Waals surface area (Å²) in [6.45, 7) is -0.374. The maximum Gasteiger partial charge on any atom is 0.424 e. The highest BCUT2D eigenvalue weighted by Crippen LogP contribution is 2.45. The van der Waals surface area contributed by atoms with Crippen LogP contribution in [0, 0.1) is 5.92 Å². The number of allylic oxidation sites excluding steroid dienone is 1. The summed E-state index contributed by atoms with van der Waals surface area (Å²) in [5, 5.41) is 12.2. The molecule has 0 saturated heterocycles. The molecule has 0 unspecified atom stereocenters. The Balaban J connectivity index is 2.56. The summed E-state index contributed by atoms with van der Waals surface area (Å²) in [5.74, 6) is -7.95. The van der Waals surface area contributed by atoms with E-state index < -0.39 is 66.3 Å². The van der Waals surface area contributed by atoms with Gasteiger partial charge in [0.1, 0.15) is 0 Å². The van der Waals surface area contributed by atoms with Crippen molar-refractivity contribution in [1.82, 2.24) is 9.78 Å². The van der Waals surface area contributed by atoms with E-state index >= 15 is 0 Å². The van der Waals surface area contributed by atoms with E-state index in [2.05, 4.69) is 16.4 Å². The zero-order valence-corrected chi connectivity index (χ0v) is 12.3. The van der Waals surface area contributed by atoms with Crippen molar-refractivity contribution >= 4 is 11.7 Å². The second-order valence-electron chi connectivity index (χ2n) is 5.41. The van der Waals surface area contributed by atoms with Crippen molar-refractivity contribution in [3.05, 3.63) is 17.8 Å². The molecule has 1 aromatic rings. The molecule has 2 rings (SSSR count). The molecule has 1 aliphatic rings. The minimum absolute atomic E-state index is 0.134. The Morgan fingerprint density at radius 2 is 2.00 bits per heavy atom. The van der Waals surface area contributed by atoms with Crippen LogP contribution in [-0.2, 0) is 6.18 Å². The lowest BCUT2D eigenvalue weighted by molar-refractivity contribution is -0.142. The van der Waals surface area contributed by atoms with Crippen molar-refractivity contribution in [2.75, 3.05) is 0 Å². The van der Waals surface area contributed by atoms with Crippen LogP contribution < -0.4 is 4.74 Å². The number of rotatable bonds is 5. The number of aromatic nitrogens is 2. The minimum atomic E-state index is -5.38. The van der Waals surface area contributed by atoms with Gasteiger partial charge in [0, 0.05) is 24.5 Å². The summed E-state index contributed by atoms with van der Waals surface area (Å²) in [4.78, 5) is 11.2. The molecule has 1 saturated carbocycles. The van der Waals surface area contributed by atoms with Crippen LogP contribution in [0.25, 0.3) is 5.70 Å². The molecular formula is C13H11F7N2O3. The van der Waals surface area contributed by atoms with Crippen LogP contribution in [0.5, 0.6) is 5.88 Å². The van der Waals surface area contributed by atoms with Crippen molar-refractivity contribution in [2.45, 2.75) is 38.0 Å². The summed E-state index contributed by atoms with van der Waals surface area (Å²) < 4.78 is 94.3. The average Bonchev–Trinajstić information content (AvgIpc) is 2.97. The fourth-order valence-corrected chi connectivity index (χ4v) is 2.63. The highest BCUT2D eigenvalue weighted by molar-refractivity contribution is 5.90.